The van der Waals surface area contributed by atoms with E-state index >= 15 is 0 Å². The standard InChI is InChI=1S/C18H25NO5/c1-12(2)13(3)19-17(20)11-24-18(21)9-7-14-6-8-15(22-4)10-16(14)23-5/h6-10,12-13H,11H2,1-5H3,(H,19,20)/b9-7+. The van der Waals surface area contributed by atoms with Gasteiger partial charge in [-0.3, -0.25) is 4.79 Å². The summed E-state index contributed by atoms with van der Waals surface area (Å²) in [6.45, 7) is 5.60. The molecule has 0 aliphatic heterocycles. The minimum absolute atomic E-state index is 0.0234. The molecule has 1 aromatic carbocycles. The molecule has 0 spiro atoms. The molecule has 6 heteroatoms. The Labute approximate surface area is 142 Å². The number of ether oxygens (including phenoxy) is 3. The Morgan fingerprint density at radius 3 is 2.46 bits per heavy atom. The Morgan fingerprint density at radius 2 is 1.88 bits per heavy atom. The molecule has 1 aromatic rings. The monoisotopic (exact) mass is 335 g/mol. The summed E-state index contributed by atoms with van der Waals surface area (Å²) in [6, 6.07) is 5.26. The van der Waals surface area contributed by atoms with Crippen LogP contribution in [0.5, 0.6) is 11.5 Å². The Balaban J connectivity index is 2.56. The van der Waals surface area contributed by atoms with Crippen LogP contribution in [0.2, 0.25) is 0 Å². The third-order valence-electron chi connectivity index (χ3n) is 3.57. The van der Waals surface area contributed by atoms with E-state index < -0.39 is 5.97 Å². The van der Waals surface area contributed by atoms with Crippen molar-refractivity contribution in [2.45, 2.75) is 26.8 Å². The number of methoxy groups -OCH3 is 2. The fourth-order valence-corrected chi connectivity index (χ4v) is 1.76. The molecule has 1 amide bonds. The smallest absolute Gasteiger partial charge is 0.331 e. The number of amides is 1. The Bertz CT molecular complexity index is 595. The Kier molecular flexibility index (Phi) is 7.82. The molecule has 132 valence electrons. The number of carbonyl (C=O) groups excluding carboxylic acids is 2. The number of carbonyl (C=O) groups is 2. The number of nitrogens with one attached hydrogen (secondary N) is 1. The second kappa shape index (κ2) is 9.60. The maximum Gasteiger partial charge on any atom is 0.331 e. The van der Waals surface area contributed by atoms with E-state index in [0.717, 1.165) is 0 Å². The number of esters is 1. The molecule has 6 nitrogen and oxygen atoms in total. The van der Waals surface area contributed by atoms with Gasteiger partial charge in [0.2, 0.25) is 0 Å². The summed E-state index contributed by atoms with van der Waals surface area (Å²) >= 11 is 0. The number of rotatable bonds is 8. The lowest BCUT2D eigenvalue weighted by Gasteiger charge is -2.17. The third-order valence-corrected chi connectivity index (χ3v) is 3.57. The van der Waals surface area contributed by atoms with E-state index in [2.05, 4.69) is 5.32 Å². The van der Waals surface area contributed by atoms with E-state index in [1.165, 1.54) is 13.2 Å². The van der Waals surface area contributed by atoms with Crippen LogP contribution in [0.3, 0.4) is 0 Å². The summed E-state index contributed by atoms with van der Waals surface area (Å²) in [7, 11) is 3.09. The molecule has 0 aliphatic rings. The van der Waals surface area contributed by atoms with Crippen molar-refractivity contribution in [3.05, 3.63) is 29.8 Å². The van der Waals surface area contributed by atoms with Gasteiger partial charge in [-0.15, -0.1) is 0 Å². The van der Waals surface area contributed by atoms with Crippen molar-refractivity contribution in [1.82, 2.24) is 5.32 Å². The van der Waals surface area contributed by atoms with Gasteiger partial charge in [0.1, 0.15) is 11.5 Å². The highest BCUT2D eigenvalue weighted by molar-refractivity contribution is 5.89. The van der Waals surface area contributed by atoms with Crippen molar-refractivity contribution in [3.8, 4) is 11.5 Å². The van der Waals surface area contributed by atoms with Gasteiger partial charge in [-0.1, -0.05) is 13.8 Å². The van der Waals surface area contributed by atoms with Crippen LogP contribution < -0.4 is 14.8 Å². The lowest BCUT2D eigenvalue weighted by atomic mass is 10.1. The molecule has 0 bridgehead atoms. The fraction of sp³-hybridized carbons (Fsp3) is 0.444. The van der Waals surface area contributed by atoms with Gasteiger partial charge in [0, 0.05) is 23.7 Å². The molecule has 0 heterocycles. The second-order valence-electron chi connectivity index (χ2n) is 5.65. The van der Waals surface area contributed by atoms with Crippen molar-refractivity contribution in [2.75, 3.05) is 20.8 Å². The van der Waals surface area contributed by atoms with Gasteiger partial charge in [-0.25, -0.2) is 4.79 Å². The molecule has 0 radical (unpaired) electrons. The quantitative estimate of drug-likeness (QED) is 0.583. The summed E-state index contributed by atoms with van der Waals surface area (Å²) in [5.41, 5.74) is 0.702. The molecule has 0 aromatic heterocycles. The van der Waals surface area contributed by atoms with E-state index in [1.54, 1.807) is 31.4 Å². The van der Waals surface area contributed by atoms with Crippen molar-refractivity contribution in [2.24, 2.45) is 5.92 Å². The van der Waals surface area contributed by atoms with Crippen LogP contribution in [0.1, 0.15) is 26.3 Å². The molecule has 1 rings (SSSR count). The second-order valence-corrected chi connectivity index (χ2v) is 5.65. The maximum atomic E-state index is 11.7. The van der Waals surface area contributed by atoms with Crippen molar-refractivity contribution >= 4 is 18.0 Å². The Morgan fingerprint density at radius 1 is 1.17 bits per heavy atom. The van der Waals surface area contributed by atoms with Gasteiger partial charge in [-0.2, -0.15) is 0 Å². The highest BCUT2D eigenvalue weighted by Crippen LogP contribution is 2.25. The van der Waals surface area contributed by atoms with Crippen LogP contribution in [0, 0.1) is 5.92 Å². The molecular weight excluding hydrogens is 310 g/mol. The highest BCUT2D eigenvalue weighted by Gasteiger charge is 2.12. The van der Waals surface area contributed by atoms with Crippen molar-refractivity contribution in [1.29, 1.82) is 0 Å². The molecule has 0 aliphatic carbocycles. The third kappa shape index (κ3) is 6.32. The average Bonchev–Trinajstić information content (AvgIpc) is 2.57. The first-order valence-corrected chi connectivity index (χ1v) is 7.73. The van der Waals surface area contributed by atoms with E-state index in [-0.39, 0.29) is 18.6 Å². The molecular formula is C18H25NO5. The van der Waals surface area contributed by atoms with Crippen LogP contribution in [-0.4, -0.2) is 38.7 Å². The SMILES string of the molecule is COc1ccc(/C=C/C(=O)OCC(=O)NC(C)C(C)C)c(OC)c1. The minimum Gasteiger partial charge on any atom is -0.497 e. The van der Waals surface area contributed by atoms with Crippen LogP contribution >= 0.6 is 0 Å². The minimum atomic E-state index is -0.597. The molecule has 0 saturated carbocycles. The average molecular weight is 335 g/mol. The zero-order valence-corrected chi connectivity index (χ0v) is 14.8. The largest absolute Gasteiger partial charge is 0.497 e. The summed E-state index contributed by atoms with van der Waals surface area (Å²) in [5, 5.41) is 2.77. The van der Waals surface area contributed by atoms with Crippen LogP contribution in [-0.2, 0) is 14.3 Å². The predicted octanol–water partition coefficient (Wildman–Crippen LogP) is 2.42. The van der Waals surface area contributed by atoms with Crippen LogP contribution in [0.25, 0.3) is 6.08 Å². The van der Waals surface area contributed by atoms with E-state index in [4.69, 9.17) is 14.2 Å². The van der Waals surface area contributed by atoms with Crippen LogP contribution in [0.4, 0.5) is 0 Å². The van der Waals surface area contributed by atoms with Gasteiger partial charge in [0.25, 0.3) is 5.91 Å². The first kappa shape index (κ1) is 19.5. The normalized spacial score (nSPS) is 12.1. The molecule has 1 unspecified atom stereocenters. The molecule has 1 atom stereocenters. The highest BCUT2D eigenvalue weighted by atomic mass is 16.5. The van der Waals surface area contributed by atoms with E-state index in [9.17, 15) is 9.59 Å². The van der Waals surface area contributed by atoms with Crippen LogP contribution in [0.15, 0.2) is 24.3 Å². The van der Waals surface area contributed by atoms with Gasteiger partial charge in [0.05, 0.1) is 14.2 Å². The molecule has 24 heavy (non-hydrogen) atoms. The fourth-order valence-electron chi connectivity index (χ4n) is 1.76. The zero-order valence-electron chi connectivity index (χ0n) is 14.8. The van der Waals surface area contributed by atoms with Gasteiger partial charge < -0.3 is 19.5 Å². The molecule has 1 N–H and O–H groups in total. The Hall–Kier alpha value is -2.50. The lowest BCUT2D eigenvalue weighted by Crippen LogP contribution is -2.38. The first-order valence-electron chi connectivity index (χ1n) is 7.73. The van der Waals surface area contributed by atoms with E-state index in [1.807, 2.05) is 20.8 Å². The first-order chi connectivity index (χ1) is 11.4. The number of hydrogen-bond acceptors (Lipinski definition) is 5. The summed E-state index contributed by atoms with van der Waals surface area (Å²) < 4.78 is 15.3. The van der Waals surface area contributed by atoms with Gasteiger partial charge in [0.15, 0.2) is 6.61 Å². The molecule has 0 saturated heterocycles. The molecule has 0 fully saturated rings. The van der Waals surface area contributed by atoms with Gasteiger partial charge in [-0.05, 0) is 31.1 Å². The van der Waals surface area contributed by atoms with Crippen molar-refractivity contribution in [3.63, 3.8) is 0 Å². The summed E-state index contributed by atoms with van der Waals surface area (Å²) in [5.74, 6) is 0.622. The van der Waals surface area contributed by atoms with Gasteiger partial charge >= 0.3 is 5.97 Å². The predicted molar refractivity (Wildman–Crippen MR) is 92.0 cm³/mol. The van der Waals surface area contributed by atoms with E-state index in [0.29, 0.717) is 23.0 Å². The topological polar surface area (TPSA) is 73.9 Å². The number of benzene rings is 1. The summed E-state index contributed by atoms with van der Waals surface area (Å²) in [4.78, 5) is 23.4. The number of hydrogen-bond donors (Lipinski definition) is 1. The lowest BCUT2D eigenvalue weighted by molar-refractivity contribution is -0.144. The maximum absolute atomic E-state index is 11.7. The summed E-state index contributed by atoms with van der Waals surface area (Å²) in [6.07, 6.45) is 2.82. The zero-order chi connectivity index (χ0) is 18.1. The van der Waals surface area contributed by atoms with Crippen molar-refractivity contribution < 1.29 is 23.8 Å².